The average molecular weight is 472 g/mol. The summed E-state index contributed by atoms with van der Waals surface area (Å²) in [7, 11) is 1.78. The lowest BCUT2D eigenvalue weighted by atomic mass is 9.89. The first-order valence-electron chi connectivity index (χ1n) is 11.2. The maximum atomic E-state index is 15.1. The van der Waals surface area contributed by atoms with Gasteiger partial charge in [0, 0.05) is 12.1 Å². The Kier molecular flexibility index (Phi) is 4.69. The Balaban J connectivity index is 1.27. The number of allylic oxidation sites excluding steroid dienone is 2. The van der Waals surface area contributed by atoms with Gasteiger partial charge >= 0.3 is 5.97 Å². The fraction of sp³-hybridized carbons (Fsp3) is 0.222. The van der Waals surface area contributed by atoms with Gasteiger partial charge in [-0.15, -0.1) is 0 Å². The van der Waals surface area contributed by atoms with E-state index in [1.54, 1.807) is 18.0 Å². The van der Waals surface area contributed by atoms with Crippen molar-refractivity contribution in [2.45, 2.75) is 30.3 Å². The molecule has 2 heterocycles. The van der Waals surface area contributed by atoms with Gasteiger partial charge in [0.25, 0.3) is 0 Å². The van der Waals surface area contributed by atoms with Gasteiger partial charge in [0.2, 0.25) is 0 Å². The number of nitrogens with zero attached hydrogens (tertiary/aromatic N) is 3. The molecule has 2 aliphatic rings. The summed E-state index contributed by atoms with van der Waals surface area (Å²) in [6.45, 7) is 0.378. The van der Waals surface area contributed by atoms with E-state index in [0.29, 0.717) is 30.0 Å². The second kappa shape index (κ2) is 7.55. The van der Waals surface area contributed by atoms with Gasteiger partial charge in [-0.25, -0.2) is 14.4 Å². The number of carbonyl (C=O) groups is 1. The lowest BCUT2D eigenvalue weighted by Crippen LogP contribution is -2.40. The van der Waals surface area contributed by atoms with Crippen LogP contribution in [-0.2, 0) is 16.8 Å². The van der Waals surface area contributed by atoms with E-state index in [1.165, 1.54) is 23.0 Å². The first-order valence-corrected chi connectivity index (χ1v) is 12.0. The summed E-state index contributed by atoms with van der Waals surface area (Å²) in [5.74, 6) is -1.18. The Morgan fingerprint density at radius 3 is 2.50 bits per heavy atom. The molecule has 2 aromatic heterocycles. The van der Waals surface area contributed by atoms with Crippen LogP contribution < -0.4 is 0 Å². The largest absolute Gasteiger partial charge is 0.480 e. The molecule has 0 amide bonds. The molecule has 2 aromatic carbocycles. The number of halogens is 1. The minimum atomic E-state index is -0.816. The summed E-state index contributed by atoms with van der Waals surface area (Å²) >= 11 is 1.38. The fourth-order valence-electron chi connectivity index (χ4n) is 4.60. The number of likely N-dealkylation sites (N-methyl/N-ethyl adjacent to an activating group) is 1. The van der Waals surface area contributed by atoms with Crippen molar-refractivity contribution in [1.29, 1.82) is 0 Å². The van der Waals surface area contributed by atoms with Gasteiger partial charge in [-0.1, -0.05) is 59.9 Å². The molecule has 170 valence electrons. The second-order valence-corrected chi connectivity index (χ2v) is 10.1. The molecule has 0 saturated heterocycles. The van der Waals surface area contributed by atoms with E-state index in [-0.39, 0.29) is 11.2 Å². The van der Waals surface area contributed by atoms with Crippen LogP contribution in [0.5, 0.6) is 0 Å². The number of thiazole rings is 1. The van der Waals surface area contributed by atoms with Crippen molar-refractivity contribution in [1.82, 2.24) is 14.9 Å². The highest BCUT2D eigenvalue weighted by Crippen LogP contribution is 2.45. The van der Waals surface area contributed by atoms with Crippen molar-refractivity contribution in [2.75, 3.05) is 7.05 Å². The van der Waals surface area contributed by atoms with Crippen molar-refractivity contribution in [3.63, 3.8) is 0 Å². The Morgan fingerprint density at radius 1 is 1.09 bits per heavy atom. The molecule has 0 unspecified atom stereocenters. The van der Waals surface area contributed by atoms with E-state index < -0.39 is 11.5 Å². The molecular formula is C27H22FN3O2S. The van der Waals surface area contributed by atoms with Crippen LogP contribution in [0.3, 0.4) is 0 Å². The zero-order valence-electron chi connectivity index (χ0n) is 18.5. The van der Waals surface area contributed by atoms with Gasteiger partial charge in [-0.2, -0.15) is 0 Å². The summed E-state index contributed by atoms with van der Waals surface area (Å²) in [6, 6.07) is 19.2. The van der Waals surface area contributed by atoms with Crippen LogP contribution in [-0.4, -0.2) is 38.5 Å². The van der Waals surface area contributed by atoms with Gasteiger partial charge in [0.15, 0.2) is 0 Å². The molecule has 5 nitrogen and oxygen atoms in total. The lowest BCUT2D eigenvalue weighted by molar-refractivity contribution is -0.144. The number of hydrogen-bond acceptors (Lipinski definition) is 5. The van der Waals surface area contributed by atoms with Gasteiger partial charge in [0.1, 0.15) is 26.7 Å². The standard InChI is InChI=1S/C27H22FN3O2S/c1-31(27(13-14-27)25(32)33)16-17-7-8-19(20(28)15-17)23-29-21-9-10-22(30-24(21)34-23)26(11-12-26)18-5-3-2-4-6-18/h2-12,15H,13-14,16H2,1H3,(H,32,33). The number of benzene rings is 2. The number of aromatic nitrogens is 2. The van der Waals surface area contributed by atoms with Gasteiger partial charge in [-0.05, 0) is 55.3 Å². The molecule has 1 N–H and O–H groups in total. The van der Waals surface area contributed by atoms with Crippen molar-refractivity contribution in [2.24, 2.45) is 0 Å². The average Bonchev–Trinajstić information content (AvgIpc) is 3.75. The minimum absolute atomic E-state index is 0.270. The molecule has 0 bridgehead atoms. The molecule has 6 rings (SSSR count). The SMILES string of the molecule is CN(Cc1ccc(-c2nc3ccc(C4(c5ccccc5)C=C4)nc3s2)c(F)c1)C1(C(=O)O)CC1. The van der Waals surface area contributed by atoms with Crippen LogP contribution in [0.2, 0.25) is 0 Å². The number of hydrogen-bond donors (Lipinski definition) is 1. The highest BCUT2D eigenvalue weighted by atomic mass is 32.1. The van der Waals surface area contributed by atoms with E-state index in [1.807, 2.05) is 36.4 Å². The summed E-state index contributed by atoms with van der Waals surface area (Å²) in [5, 5.41) is 10.1. The summed E-state index contributed by atoms with van der Waals surface area (Å²) in [5.41, 5.74) is 2.95. The molecule has 7 heteroatoms. The van der Waals surface area contributed by atoms with E-state index in [0.717, 1.165) is 21.6 Å². The van der Waals surface area contributed by atoms with Crippen molar-refractivity contribution in [3.8, 4) is 10.6 Å². The van der Waals surface area contributed by atoms with Crippen molar-refractivity contribution < 1.29 is 14.3 Å². The quantitative estimate of drug-likeness (QED) is 0.366. The van der Waals surface area contributed by atoms with Crippen molar-refractivity contribution in [3.05, 3.63) is 95.5 Å². The number of carboxylic acids is 1. The van der Waals surface area contributed by atoms with Crippen LogP contribution >= 0.6 is 11.3 Å². The molecule has 2 aliphatic carbocycles. The Hall–Kier alpha value is -3.42. The predicted octanol–water partition coefficient (Wildman–Crippen LogP) is 5.40. The third-order valence-electron chi connectivity index (χ3n) is 6.97. The third-order valence-corrected chi connectivity index (χ3v) is 7.97. The number of fused-ring (bicyclic) bond motifs is 1. The molecule has 0 radical (unpaired) electrons. The maximum absolute atomic E-state index is 15.1. The molecule has 0 spiro atoms. The topological polar surface area (TPSA) is 66.3 Å². The second-order valence-electron chi connectivity index (χ2n) is 9.12. The molecule has 1 saturated carbocycles. The number of rotatable bonds is 7. The predicted molar refractivity (Wildman–Crippen MR) is 130 cm³/mol. The first kappa shape index (κ1) is 21.1. The number of pyridine rings is 1. The Bertz CT molecular complexity index is 1450. The molecule has 4 aromatic rings. The first-order chi connectivity index (χ1) is 16.4. The summed E-state index contributed by atoms with van der Waals surface area (Å²) in [4.78, 5) is 23.6. The zero-order valence-corrected chi connectivity index (χ0v) is 19.3. The monoisotopic (exact) mass is 471 g/mol. The minimum Gasteiger partial charge on any atom is -0.480 e. The molecular weight excluding hydrogens is 449 g/mol. The van der Waals surface area contributed by atoms with E-state index in [2.05, 4.69) is 29.3 Å². The van der Waals surface area contributed by atoms with E-state index in [9.17, 15) is 9.90 Å². The zero-order chi connectivity index (χ0) is 23.5. The summed E-state index contributed by atoms with van der Waals surface area (Å²) < 4.78 is 15.1. The van der Waals surface area contributed by atoms with Gasteiger partial charge < -0.3 is 5.11 Å². The fourth-order valence-corrected chi connectivity index (χ4v) is 5.57. The Labute approximate surface area is 200 Å². The molecule has 34 heavy (non-hydrogen) atoms. The highest BCUT2D eigenvalue weighted by Gasteiger charge is 2.53. The van der Waals surface area contributed by atoms with Crippen molar-refractivity contribution >= 4 is 27.7 Å². The van der Waals surface area contributed by atoms with Crippen LogP contribution in [0.4, 0.5) is 4.39 Å². The molecule has 0 aliphatic heterocycles. The van der Waals surface area contributed by atoms with Crippen LogP contribution in [0.25, 0.3) is 20.9 Å². The smallest absolute Gasteiger partial charge is 0.324 e. The Morgan fingerprint density at radius 2 is 1.85 bits per heavy atom. The third kappa shape index (κ3) is 3.35. The maximum Gasteiger partial charge on any atom is 0.324 e. The van der Waals surface area contributed by atoms with Gasteiger partial charge in [-0.3, -0.25) is 9.69 Å². The van der Waals surface area contributed by atoms with Crippen LogP contribution in [0.1, 0.15) is 29.7 Å². The summed E-state index contributed by atoms with van der Waals surface area (Å²) in [6.07, 6.45) is 5.54. The molecule has 0 atom stereocenters. The normalized spacial score (nSPS) is 17.3. The number of aliphatic carboxylic acids is 1. The van der Waals surface area contributed by atoms with E-state index in [4.69, 9.17) is 4.98 Å². The number of carboxylic acid groups (broad SMARTS) is 1. The van der Waals surface area contributed by atoms with Gasteiger partial charge in [0.05, 0.1) is 11.1 Å². The molecule has 1 fully saturated rings. The van der Waals surface area contributed by atoms with Crippen LogP contribution in [0.15, 0.2) is 72.8 Å². The highest BCUT2D eigenvalue weighted by molar-refractivity contribution is 7.21. The lowest BCUT2D eigenvalue weighted by Gasteiger charge is -2.24. The van der Waals surface area contributed by atoms with Crippen LogP contribution in [0, 0.1) is 5.82 Å². The van der Waals surface area contributed by atoms with E-state index >= 15 is 4.39 Å².